The molecule has 0 heterocycles. The molecule has 0 unspecified atom stereocenters. The average molecular weight is 292 g/mol. The largest absolute Gasteiger partial charge is 0.456 e. The Hall–Kier alpha value is -1.55. The molecule has 2 rings (SSSR count). The van der Waals surface area contributed by atoms with Crippen molar-refractivity contribution in [2.75, 3.05) is 7.11 Å². The molecule has 0 amide bonds. The summed E-state index contributed by atoms with van der Waals surface area (Å²) in [4.78, 5) is 0. The van der Waals surface area contributed by atoms with Gasteiger partial charge < -0.3 is 15.2 Å². The minimum atomic E-state index is -0.0495. The van der Waals surface area contributed by atoms with Gasteiger partial charge in [0, 0.05) is 13.2 Å². The highest BCUT2D eigenvalue weighted by Gasteiger charge is 2.07. The molecule has 2 aromatic carbocycles. The van der Waals surface area contributed by atoms with E-state index in [9.17, 15) is 0 Å². The molecule has 0 saturated carbocycles. The molecule has 0 aliphatic rings. The predicted molar refractivity (Wildman–Crippen MR) is 81.3 cm³/mol. The van der Waals surface area contributed by atoms with Crippen molar-refractivity contribution in [3.8, 4) is 11.5 Å². The van der Waals surface area contributed by atoms with Crippen LogP contribution in [0.2, 0.25) is 5.02 Å². The summed E-state index contributed by atoms with van der Waals surface area (Å²) in [5, 5.41) is 0.553. The Labute approximate surface area is 124 Å². The molecule has 0 spiro atoms. The first-order valence-electron chi connectivity index (χ1n) is 6.41. The van der Waals surface area contributed by atoms with Gasteiger partial charge in [-0.15, -0.1) is 0 Å². The lowest BCUT2D eigenvalue weighted by Gasteiger charge is -2.11. The van der Waals surface area contributed by atoms with Crippen molar-refractivity contribution in [2.45, 2.75) is 19.6 Å². The van der Waals surface area contributed by atoms with E-state index < -0.39 is 0 Å². The van der Waals surface area contributed by atoms with E-state index in [0.29, 0.717) is 17.4 Å². The first-order chi connectivity index (χ1) is 9.60. The summed E-state index contributed by atoms with van der Waals surface area (Å²) >= 11 is 6.22. The van der Waals surface area contributed by atoms with Gasteiger partial charge in [0.2, 0.25) is 0 Å². The molecule has 0 aliphatic heterocycles. The highest BCUT2D eigenvalue weighted by molar-refractivity contribution is 6.32. The first kappa shape index (κ1) is 14.9. The van der Waals surface area contributed by atoms with Gasteiger partial charge in [0.1, 0.15) is 11.5 Å². The Morgan fingerprint density at radius 2 is 2.00 bits per heavy atom. The fraction of sp³-hybridized carbons (Fsp3) is 0.250. The summed E-state index contributed by atoms with van der Waals surface area (Å²) in [5.41, 5.74) is 7.86. The monoisotopic (exact) mass is 291 g/mol. The van der Waals surface area contributed by atoms with Crippen LogP contribution in [0.3, 0.4) is 0 Å². The third-order valence-electron chi connectivity index (χ3n) is 2.92. The van der Waals surface area contributed by atoms with Gasteiger partial charge >= 0.3 is 0 Å². The van der Waals surface area contributed by atoms with Crippen molar-refractivity contribution in [3.63, 3.8) is 0 Å². The van der Waals surface area contributed by atoms with E-state index >= 15 is 0 Å². The smallest absolute Gasteiger partial charge is 0.146 e. The number of ether oxygens (including phenoxy) is 2. The normalized spacial score (nSPS) is 12.2. The van der Waals surface area contributed by atoms with Gasteiger partial charge in [-0.1, -0.05) is 29.8 Å². The second-order valence-electron chi connectivity index (χ2n) is 4.66. The quantitative estimate of drug-likeness (QED) is 0.893. The Kier molecular flexibility index (Phi) is 5.01. The Balaban J connectivity index is 2.19. The molecule has 0 radical (unpaired) electrons. The summed E-state index contributed by atoms with van der Waals surface area (Å²) in [7, 11) is 1.66. The minimum absolute atomic E-state index is 0.0495. The van der Waals surface area contributed by atoms with E-state index in [2.05, 4.69) is 0 Å². The van der Waals surface area contributed by atoms with E-state index in [1.165, 1.54) is 0 Å². The van der Waals surface area contributed by atoms with E-state index in [1.807, 2.05) is 49.4 Å². The first-order valence-corrected chi connectivity index (χ1v) is 6.78. The van der Waals surface area contributed by atoms with E-state index in [1.54, 1.807) is 7.11 Å². The third kappa shape index (κ3) is 3.73. The van der Waals surface area contributed by atoms with Gasteiger partial charge in [-0.2, -0.15) is 0 Å². The van der Waals surface area contributed by atoms with Gasteiger partial charge in [0.05, 0.1) is 11.6 Å². The van der Waals surface area contributed by atoms with Gasteiger partial charge in [-0.05, 0) is 42.3 Å². The molecule has 2 aromatic rings. The van der Waals surface area contributed by atoms with Crippen molar-refractivity contribution in [2.24, 2.45) is 5.73 Å². The molecule has 4 heteroatoms. The summed E-state index contributed by atoms with van der Waals surface area (Å²) in [6.45, 7) is 2.47. The predicted octanol–water partition coefficient (Wildman–Crippen LogP) is 4.30. The van der Waals surface area contributed by atoms with Crippen molar-refractivity contribution in [1.29, 1.82) is 0 Å². The maximum Gasteiger partial charge on any atom is 0.146 e. The maximum absolute atomic E-state index is 6.22. The van der Waals surface area contributed by atoms with Crippen LogP contribution in [0.1, 0.15) is 24.1 Å². The molecule has 0 fully saturated rings. The summed E-state index contributed by atoms with van der Waals surface area (Å²) in [6, 6.07) is 13.3. The molecular formula is C16H18ClNO2. The molecule has 1 atom stereocenters. The lowest BCUT2D eigenvalue weighted by Crippen LogP contribution is -2.04. The summed E-state index contributed by atoms with van der Waals surface area (Å²) in [6.07, 6.45) is 0. The van der Waals surface area contributed by atoms with Crippen LogP contribution in [-0.2, 0) is 11.3 Å². The highest BCUT2D eigenvalue weighted by Crippen LogP contribution is 2.31. The van der Waals surface area contributed by atoms with Crippen molar-refractivity contribution < 1.29 is 9.47 Å². The third-order valence-corrected chi connectivity index (χ3v) is 3.21. The molecular weight excluding hydrogens is 274 g/mol. The summed E-state index contributed by atoms with van der Waals surface area (Å²) < 4.78 is 10.9. The van der Waals surface area contributed by atoms with Crippen LogP contribution in [0.4, 0.5) is 0 Å². The molecule has 106 valence electrons. The molecule has 3 nitrogen and oxygen atoms in total. The van der Waals surface area contributed by atoms with E-state index in [0.717, 1.165) is 16.9 Å². The number of benzene rings is 2. The molecule has 0 aromatic heterocycles. The molecule has 2 N–H and O–H groups in total. The molecule has 0 saturated heterocycles. The van der Waals surface area contributed by atoms with Crippen LogP contribution < -0.4 is 10.5 Å². The fourth-order valence-electron chi connectivity index (χ4n) is 1.88. The van der Waals surface area contributed by atoms with Crippen molar-refractivity contribution in [3.05, 3.63) is 58.6 Å². The number of nitrogens with two attached hydrogens (primary N) is 1. The zero-order valence-corrected chi connectivity index (χ0v) is 12.4. The zero-order valence-electron chi connectivity index (χ0n) is 11.6. The SMILES string of the molecule is COCc1cccc(Oc2ccc([C@H](C)N)cc2Cl)c1. The van der Waals surface area contributed by atoms with Crippen LogP contribution in [0.5, 0.6) is 11.5 Å². The van der Waals surface area contributed by atoms with Crippen LogP contribution in [0.15, 0.2) is 42.5 Å². The van der Waals surface area contributed by atoms with E-state index in [4.69, 9.17) is 26.8 Å². The second-order valence-corrected chi connectivity index (χ2v) is 5.07. The number of hydrogen-bond donors (Lipinski definition) is 1. The number of halogens is 1. The van der Waals surface area contributed by atoms with E-state index in [-0.39, 0.29) is 6.04 Å². The van der Waals surface area contributed by atoms with Crippen molar-refractivity contribution in [1.82, 2.24) is 0 Å². The van der Waals surface area contributed by atoms with Gasteiger partial charge in [0.15, 0.2) is 0 Å². The van der Waals surface area contributed by atoms with Gasteiger partial charge in [-0.3, -0.25) is 0 Å². The number of methoxy groups -OCH3 is 1. The second kappa shape index (κ2) is 6.75. The van der Waals surface area contributed by atoms with Crippen LogP contribution in [-0.4, -0.2) is 7.11 Å². The average Bonchev–Trinajstić information content (AvgIpc) is 2.42. The Bertz CT molecular complexity index is 584. The van der Waals surface area contributed by atoms with Crippen molar-refractivity contribution >= 4 is 11.6 Å². The number of rotatable bonds is 5. The lowest BCUT2D eigenvalue weighted by atomic mass is 10.1. The molecule has 20 heavy (non-hydrogen) atoms. The Morgan fingerprint density at radius 3 is 2.65 bits per heavy atom. The fourth-order valence-corrected chi connectivity index (χ4v) is 2.10. The zero-order chi connectivity index (χ0) is 14.5. The minimum Gasteiger partial charge on any atom is -0.456 e. The van der Waals surface area contributed by atoms with Crippen LogP contribution >= 0.6 is 11.6 Å². The van der Waals surface area contributed by atoms with Gasteiger partial charge in [0.25, 0.3) is 0 Å². The van der Waals surface area contributed by atoms with Gasteiger partial charge in [-0.25, -0.2) is 0 Å². The maximum atomic E-state index is 6.22. The molecule has 0 bridgehead atoms. The number of hydrogen-bond acceptors (Lipinski definition) is 3. The molecule has 0 aliphatic carbocycles. The Morgan fingerprint density at radius 1 is 1.20 bits per heavy atom. The standard InChI is InChI=1S/C16H18ClNO2/c1-11(18)13-6-7-16(15(17)9-13)20-14-5-3-4-12(8-14)10-19-2/h3-9,11H,10,18H2,1-2H3/t11-/m0/s1. The van der Waals surface area contributed by atoms with Crippen LogP contribution in [0.25, 0.3) is 0 Å². The lowest BCUT2D eigenvalue weighted by molar-refractivity contribution is 0.184. The topological polar surface area (TPSA) is 44.5 Å². The highest BCUT2D eigenvalue weighted by atomic mass is 35.5. The van der Waals surface area contributed by atoms with Crippen LogP contribution in [0, 0.1) is 0 Å². The summed E-state index contributed by atoms with van der Waals surface area (Å²) in [5.74, 6) is 1.35.